The van der Waals surface area contributed by atoms with Crippen molar-refractivity contribution in [3.05, 3.63) is 70.1 Å². The van der Waals surface area contributed by atoms with Crippen LogP contribution in [-0.2, 0) is 9.84 Å². The van der Waals surface area contributed by atoms with Gasteiger partial charge in [0.05, 0.1) is 4.90 Å². The molecule has 0 aliphatic rings. The highest BCUT2D eigenvalue weighted by Crippen LogP contribution is 2.22. The molecule has 0 N–H and O–H groups in total. The van der Waals surface area contributed by atoms with Crippen LogP contribution in [0.4, 0.5) is 0 Å². The lowest BCUT2D eigenvalue weighted by molar-refractivity contribution is 0.602. The van der Waals surface area contributed by atoms with Gasteiger partial charge in [-0.05, 0) is 50.1 Å². The Bertz CT molecular complexity index is 739. The third-order valence-corrected chi connectivity index (χ3v) is 5.16. The second-order valence-corrected chi connectivity index (χ2v) is 7.05. The largest absolute Gasteiger partial charge is 0.219 e. The van der Waals surface area contributed by atoms with E-state index in [2.05, 4.69) is 0 Å². The first-order chi connectivity index (χ1) is 9.41. The molecule has 20 heavy (non-hydrogen) atoms. The molecule has 0 unspecified atom stereocenters. The predicted molar refractivity (Wildman–Crippen MR) is 83.2 cm³/mol. The van der Waals surface area contributed by atoms with Gasteiger partial charge in [0.2, 0.25) is 9.84 Å². The molecule has 3 heteroatoms. The molecule has 2 nitrogen and oxygen atoms in total. The van der Waals surface area contributed by atoms with Gasteiger partial charge in [-0.3, -0.25) is 0 Å². The normalized spacial score (nSPS) is 12.4. The van der Waals surface area contributed by atoms with Gasteiger partial charge in [-0.1, -0.05) is 42.0 Å². The molecule has 0 radical (unpaired) electrons. The monoisotopic (exact) mass is 286 g/mol. The average Bonchev–Trinajstić information content (AvgIpc) is 2.41. The van der Waals surface area contributed by atoms with Crippen molar-refractivity contribution in [3.63, 3.8) is 0 Å². The topological polar surface area (TPSA) is 34.1 Å². The molecule has 0 aliphatic heterocycles. The van der Waals surface area contributed by atoms with Crippen LogP contribution in [0, 0.1) is 13.8 Å². The third-order valence-electron chi connectivity index (χ3n) is 3.30. The second-order valence-electron chi connectivity index (χ2n) is 4.93. The van der Waals surface area contributed by atoms with Gasteiger partial charge in [-0.15, -0.1) is 0 Å². The number of benzene rings is 2. The van der Waals surface area contributed by atoms with Crippen molar-refractivity contribution in [2.75, 3.05) is 0 Å². The molecule has 2 rings (SSSR count). The van der Waals surface area contributed by atoms with Crippen LogP contribution < -0.4 is 0 Å². The zero-order chi connectivity index (χ0) is 14.8. The molecule has 0 heterocycles. The maximum Gasteiger partial charge on any atom is 0.202 e. The summed E-state index contributed by atoms with van der Waals surface area (Å²) >= 11 is 0. The molecule has 2 aromatic rings. The van der Waals surface area contributed by atoms with E-state index in [1.165, 1.54) is 0 Å². The molecular formula is C17H18O2S. The zero-order valence-corrected chi connectivity index (χ0v) is 12.7. The van der Waals surface area contributed by atoms with Crippen molar-refractivity contribution >= 4 is 15.9 Å². The highest BCUT2D eigenvalue weighted by Gasteiger charge is 2.16. The molecule has 0 bridgehead atoms. The minimum absolute atomic E-state index is 0.338. The van der Waals surface area contributed by atoms with E-state index in [1.807, 2.05) is 50.2 Å². The van der Waals surface area contributed by atoms with E-state index < -0.39 is 9.84 Å². The summed E-state index contributed by atoms with van der Waals surface area (Å²) in [6.07, 6.45) is 1.73. The Balaban J connectivity index is 2.44. The summed E-state index contributed by atoms with van der Waals surface area (Å²) in [5, 5.41) is 0. The average molecular weight is 286 g/mol. The first-order valence-corrected chi connectivity index (χ1v) is 7.95. The van der Waals surface area contributed by atoms with Crippen LogP contribution in [0.25, 0.3) is 6.08 Å². The van der Waals surface area contributed by atoms with Crippen LogP contribution in [0.15, 0.2) is 58.3 Å². The summed E-state index contributed by atoms with van der Waals surface area (Å²) < 4.78 is 25.0. The Morgan fingerprint density at radius 1 is 0.950 bits per heavy atom. The molecule has 0 spiro atoms. The Hall–Kier alpha value is -1.87. The number of hydrogen-bond donors (Lipinski definition) is 0. The van der Waals surface area contributed by atoms with E-state index in [4.69, 9.17) is 0 Å². The Morgan fingerprint density at radius 2 is 1.55 bits per heavy atom. The SMILES string of the molecule is C/C(=C/c1ccccc1C)S(=O)(=O)c1ccc(C)cc1. The van der Waals surface area contributed by atoms with Gasteiger partial charge in [0, 0.05) is 4.91 Å². The smallest absolute Gasteiger partial charge is 0.202 e. The maximum absolute atomic E-state index is 12.5. The van der Waals surface area contributed by atoms with Gasteiger partial charge in [-0.25, -0.2) is 8.42 Å². The van der Waals surface area contributed by atoms with E-state index >= 15 is 0 Å². The van der Waals surface area contributed by atoms with Gasteiger partial charge < -0.3 is 0 Å². The molecule has 2 aromatic carbocycles. The quantitative estimate of drug-likeness (QED) is 0.850. The van der Waals surface area contributed by atoms with Crippen LogP contribution in [0.5, 0.6) is 0 Å². The molecule has 0 fully saturated rings. The lowest BCUT2D eigenvalue weighted by Crippen LogP contribution is -2.02. The first kappa shape index (κ1) is 14.5. The van der Waals surface area contributed by atoms with E-state index in [-0.39, 0.29) is 0 Å². The van der Waals surface area contributed by atoms with Gasteiger partial charge >= 0.3 is 0 Å². The van der Waals surface area contributed by atoms with Gasteiger partial charge in [-0.2, -0.15) is 0 Å². The predicted octanol–water partition coefficient (Wildman–Crippen LogP) is 4.14. The maximum atomic E-state index is 12.5. The molecule has 0 amide bonds. The Kier molecular flexibility index (Phi) is 4.09. The van der Waals surface area contributed by atoms with E-state index in [9.17, 15) is 8.42 Å². The van der Waals surface area contributed by atoms with E-state index in [0.29, 0.717) is 9.80 Å². The Labute approximate surface area is 120 Å². The first-order valence-electron chi connectivity index (χ1n) is 6.47. The zero-order valence-electron chi connectivity index (χ0n) is 11.9. The summed E-state index contributed by atoms with van der Waals surface area (Å²) in [6.45, 7) is 5.55. The number of rotatable bonds is 3. The van der Waals surface area contributed by atoms with E-state index in [0.717, 1.165) is 16.7 Å². The fraction of sp³-hybridized carbons (Fsp3) is 0.176. The molecular weight excluding hydrogens is 268 g/mol. The highest BCUT2D eigenvalue weighted by molar-refractivity contribution is 7.95. The molecule has 0 aliphatic carbocycles. The molecule has 0 atom stereocenters. The van der Waals surface area contributed by atoms with Crippen LogP contribution in [0.1, 0.15) is 23.6 Å². The summed E-state index contributed by atoms with van der Waals surface area (Å²) in [4.78, 5) is 0.695. The molecule has 0 aromatic heterocycles. The van der Waals surface area contributed by atoms with Crippen molar-refractivity contribution in [3.8, 4) is 0 Å². The summed E-state index contributed by atoms with van der Waals surface area (Å²) in [5.74, 6) is 0. The molecule has 0 saturated heterocycles. The van der Waals surface area contributed by atoms with Crippen LogP contribution in [0.2, 0.25) is 0 Å². The fourth-order valence-electron chi connectivity index (χ4n) is 1.95. The lowest BCUT2D eigenvalue weighted by atomic mass is 10.1. The number of aryl methyl sites for hydroxylation is 2. The number of sulfone groups is 1. The minimum Gasteiger partial charge on any atom is -0.219 e. The summed E-state index contributed by atoms with van der Waals surface area (Å²) in [7, 11) is -3.41. The van der Waals surface area contributed by atoms with Gasteiger partial charge in [0.1, 0.15) is 0 Å². The third kappa shape index (κ3) is 2.99. The van der Waals surface area contributed by atoms with Crippen molar-refractivity contribution in [1.82, 2.24) is 0 Å². The highest BCUT2D eigenvalue weighted by atomic mass is 32.2. The van der Waals surface area contributed by atoms with Crippen molar-refractivity contribution in [2.24, 2.45) is 0 Å². The van der Waals surface area contributed by atoms with Crippen LogP contribution >= 0.6 is 0 Å². The second kappa shape index (κ2) is 5.63. The molecule has 104 valence electrons. The van der Waals surface area contributed by atoms with Gasteiger partial charge in [0.15, 0.2) is 0 Å². The molecule has 0 saturated carbocycles. The van der Waals surface area contributed by atoms with Crippen molar-refractivity contribution < 1.29 is 8.42 Å². The van der Waals surface area contributed by atoms with Crippen molar-refractivity contribution in [1.29, 1.82) is 0 Å². The standard InChI is InChI=1S/C17H18O2S/c1-13-8-10-17(11-9-13)20(18,19)15(3)12-16-7-5-4-6-14(16)2/h4-12H,1-3H3/b15-12-. The van der Waals surface area contributed by atoms with Crippen molar-refractivity contribution in [2.45, 2.75) is 25.7 Å². The lowest BCUT2D eigenvalue weighted by Gasteiger charge is -2.06. The number of allylic oxidation sites excluding steroid dienone is 1. The summed E-state index contributed by atoms with van der Waals surface area (Å²) in [6, 6.07) is 14.7. The van der Waals surface area contributed by atoms with Crippen LogP contribution in [-0.4, -0.2) is 8.42 Å². The van der Waals surface area contributed by atoms with Gasteiger partial charge in [0.25, 0.3) is 0 Å². The summed E-state index contributed by atoms with van der Waals surface area (Å²) in [5.41, 5.74) is 3.04. The van der Waals surface area contributed by atoms with Crippen LogP contribution in [0.3, 0.4) is 0 Å². The number of hydrogen-bond acceptors (Lipinski definition) is 2. The minimum atomic E-state index is -3.41. The van der Waals surface area contributed by atoms with E-state index in [1.54, 1.807) is 25.1 Å². The Morgan fingerprint density at radius 3 is 2.15 bits per heavy atom. The fourth-order valence-corrected chi connectivity index (χ4v) is 3.10.